The Bertz CT molecular complexity index is 322. The van der Waals surface area contributed by atoms with Gasteiger partial charge in [0.1, 0.15) is 5.94 Å². The highest BCUT2D eigenvalue weighted by atomic mass is 32.2. The molecule has 0 aliphatic heterocycles. The number of thioether (sulfide) groups is 1. The Morgan fingerprint density at radius 1 is 1.40 bits per heavy atom. The molecular weight excluding hydrogens is 212 g/mol. The Balaban J connectivity index is 2.32. The van der Waals surface area contributed by atoms with Gasteiger partial charge in [0.15, 0.2) is 5.16 Å². The monoisotopic (exact) mass is 226 g/mol. The highest BCUT2D eigenvalue weighted by molar-refractivity contribution is 7.99. The van der Waals surface area contributed by atoms with E-state index in [4.69, 9.17) is 4.74 Å². The molecule has 1 heterocycles. The number of nitrogens with zero attached hydrogens (tertiary/aromatic N) is 2. The number of hydrogen-bond acceptors (Lipinski definition) is 5. The minimum atomic E-state index is -0.460. The molecule has 4 nitrogen and oxygen atoms in total. The summed E-state index contributed by atoms with van der Waals surface area (Å²) in [5.74, 6) is 0.0334. The van der Waals surface area contributed by atoms with Crippen molar-refractivity contribution in [3.05, 3.63) is 18.5 Å². The van der Waals surface area contributed by atoms with Gasteiger partial charge in [0.2, 0.25) is 0 Å². The first-order valence-corrected chi connectivity index (χ1v) is 5.56. The molecule has 0 saturated carbocycles. The fourth-order valence-electron chi connectivity index (χ4n) is 0.712. The summed E-state index contributed by atoms with van der Waals surface area (Å²) in [6.07, 6.45) is 3.31. The third kappa shape index (κ3) is 4.29. The molecule has 0 bridgehead atoms. The molecule has 82 valence electrons. The predicted octanol–water partition coefficient (Wildman–Crippen LogP) is 2.12. The van der Waals surface area contributed by atoms with E-state index in [0.29, 0.717) is 5.16 Å². The summed E-state index contributed by atoms with van der Waals surface area (Å²) in [4.78, 5) is 19.4. The van der Waals surface area contributed by atoms with Crippen LogP contribution in [0.25, 0.3) is 0 Å². The lowest BCUT2D eigenvalue weighted by molar-refractivity contribution is -0.150. The molecular formula is C10H14N2O2S. The summed E-state index contributed by atoms with van der Waals surface area (Å²) in [5, 5.41) is 0.610. The molecule has 1 aromatic rings. The molecule has 0 N–H and O–H groups in total. The Labute approximate surface area is 93.5 Å². The highest BCUT2D eigenvalue weighted by Gasteiger charge is 2.22. The van der Waals surface area contributed by atoms with Crippen LogP contribution in [-0.2, 0) is 9.53 Å². The maximum atomic E-state index is 11.4. The van der Waals surface area contributed by atoms with Gasteiger partial charge < -0.3 is 4.74 Å². The standard InChI is InChI=1S/C10H14N2O2S/c1-10(2,3)8(13)14-7-15-9-11-5-4-6-12-9/h4-6H,7H2,1-3H3. The molecule has 0 fully saturated rings. The molecule has 0 amide bonds. The molecule has 1 aromatic heterocycles. The first-order valence-electron chi connectivity index (χ1n) is 4.57. The molecule has 0 spiro atoms. The number of hydrogen-bond donors (Lipinski definition) is 0. The van der Waals surface area contributed by atoms with E-state index in [1.165, 1.54) is 11.8 Å². The van der Waals surface area contributed by atoms with Crippen molar-refractivity contribution in [2.24, 2.45) is 5.41 Å². The van der Waals surface area contributed by atoms with Crippen LogP contribution in [-0.4, -0.2) is 21.9 Å². The lowest BCUT2D eigenvalue weighted by atomic mass is 9.98. The van der Waals surface area contributed by atoms with Gasteiger partial charge in [-0.2, -0.15) is 0 Å². The maximum absolute atomic E-state index is 11.4. The van der Waals surface area contributed by atoms with Crippen LogP contribution in [0.5, 0.6) is 0 Å². The predicted molar refractivity (Wildman–Crippen MR) is 58.3 cm³/mol. The second-order valence-corrected chi connectivity index (χ2v) is 4.86. The van der Waals surface area contributed by atoms with E-state index in [1.54, 1.807) is 18.5 Å². The van der Waals surface area contributed by atoms with Gasteiger partial charge in [0.05, 0.1) is 5.41 Å². The van der Waals surface area contributed by atoms with Crippen LogP contribution in [0, 0.1) is 5.41 Å². The van der Waals surface area contributed by atoms with Crippen molar-refractivity contribution in [3.8, 4) is 0 Å². The minimum absolute atomic E-state index is 0.217. The van der Waals surface area contributed by atoms with Crippen molar-refractivity contribution >= 4 is 17.7 Å². The smallest absolute Gasteiger partial charge is 0.312 e. The molecule has 0 saturated heterocycles. The summed E-state index contributed by atoms with van der Waals surface area (Å²) in [6, 6.07) is 1.74. The van der Waals surface area contributed by atoms with E-state index in [9.17, 15) is 4.79 Å². The number of carbonyl (C=O) groups is 1. The van der Waals surface area contributed by atoms with E-state index in [0.717, 1.165) is 0 Å². The zero-order chi connectivity index (χ0) is 11.3. The van der Waals surface area contributed by atoms with Crippen molar-refractivity contribution in [3.63, 3.8) is 0 Å². The van der Waals surface area contributed by atoms with E-state index in [-0.39, 0.29) is 11.9 Å². The summed E-state index contributed by atoms with van der Waals surface area (Å²) in [6.45, 7) is 5.46. The van der Waals surface area contributed by atoms with Crippen molar-refractivity contribution in [2.75, 3.05) is 5.94 Å². The maximum Gasteiger partial charge on any atom is 0.312 e. The van der Waals surface area contributed by atoms with E-state index < -0.39 is 5.41 Å². The summed E-state index contributed by atoms with van der Waals surface area (Å²) >= 11 is 1.30. The van der Waals surface area contributed by atoms with Crippen LogP contribution in [0.2, 0.25) is 0 Å². The fraction of sp³-hybridized carbons (Fsp3) is 0.500. The average molecular weight is 226 g/mol. The third-order valence-corrected chi connectivity index (χ3v) is 2.24. The lowest BCUT2D eigenvalue weighted by Crippen LogP contribution is -2.22. The second kappa shape index (κ2) is 5.11. The number of esters is 1. The second-order valence-electron chi connectivity index (χ2n) is 3.98. The van der Waals surface area contributed by atoms with Gasteiger partial charge in [-0.25, -0.2) is 9.97 Å². The van der Waals surface area contributed by atoms with Gasteiger partial charge in [0, 0.05) is 12.4 Å². The van der Waals surface area contributed by atoms with E-state index >= 15 is 0 Å². The van der Waals surface area contributed by atoms with E-state index in [2.05, 4.69) is 9.97 Å². The summed E-state index contributed by atoms with van der Waals surface area (Å²) in [7, 11) is 0. The Hall–Kier alpha value is -1.10. The minimum Gasteiger partial charge on any atom is -0.454 e. The van der Waals surface area contributed by atoms with Crippen LogP contribution in [0.4, 0.5) is 0 Å². The molecule has 0 aliphatic carbocycles. The number of ether oxygens (including phenoxy) is 1. The normalized spacial score (nSPS) is 11.1. The van der Waals surface area contributed by atoms with Gasteiger partial charge in [-0.3, -0.25) is 4.79 Å². The van der Waals surface area contributed by atoms with Crippen LogP contribution in [0.1, 0.15) is 20.8 Å². The first kappa shape index (κ1) is 12.0. The van der Waals surface area contributed by atoms with Gasteiger partial charge >= 0.3 is 5.97 Å². The molecule has 0 aromatic carbocycles. The SMILES string of the molecule is CC(C)(C)C(=O)OCSc1ncccn1. The molecule has 0 radical (unpaired) electrons. The third-order valence-electron chi connectivity index (χ3n) is 1.53. The average Bonchev–Trinajstić information content (AvgIpc) is 2.18. The Morgan fingerprint density at radius 2 is 2.00 bits per heavy atom. The summed E-state index contributed by atoms with van der Waals surface area (Å²) < 4.78 is 5.05. The van der Waals surface area contributed by atoms with Gasteiger partial charge in [-0.1, -0.05) is 0 Å². The van der Waals surface area contributed by atoms with Crippen molar-refractivity contribution in [2.45, 2.75) is 25.9 Å². The number of aromatic nitrogens is 2. The quantitative estimate of drug-likeness (QED) is 0.342. The highest BCUT2D eigenvalue weighted by Crippen LogP contribution is 2.18. The Kier molecular flexibility index (Phi) is 4.08. The van der Waals surface area contributed by atoms with Gasteiger partial charge in [-0.05, 0) is 38.6 Å². The molecule has 0 aliphatic rings. The van der Waals surface area contributed by atoms with Crippen molar-refractivity contribution in [1.82, 2.24) is 9.97 Å². The van der Waals surface area contributed by atoms with Crippen LogP contribution in [0.15, 0.2) is 23.6 Å². The summed E-state index contributed by atoms with van der Waals surface area (Å²) in [5.41, 5.74) is -0.460. The molecule has 1 rings (SSSR count). The Morgan fingerprint density at radius 3 is 2.53 bits per heavy atom. The zero-order valence-electron chi connectivity index (χ0n) is 9.06. The van der Waals surface area contributed by atoms with Crippen LogP contribution >= 0.6 is 11.8 Å². The zero-order valence-corrected chi connectivity index (χ0v) is 9.87. The molecule has 5 heteroatoms. The molecule has 0 unspecified atom stereocenters. The number of rotatable bonds is 3. The molecule has 0 atom stereocenters. The van der Waals surface area contributed by atoms with Crippen LogP contribution < -0.4 is 0 Å². The molecule has 15 heavy (non-hydrogen) atoms. The van der Waals surface area contributed by atoms with E-state index in [1.807, 2.05) is 20.8 Å². The number of carbonyl (C=O) groups excluding carboxylic acids is 1. The van der Waals surface area contributed by atoms with Gasteiger partial charge in [-0.15, -0.1) is 0 Å². The van der Waals surface area contributed by atoms with Crippen molar-refractivity contribution in [1.29, 1.82) is 0 Å². The lowest BCUT2D eigenvalue weighted by Gasteiger charge is -2.15. The largest absolute Gasteiger partial charge is 0.454 e. The fourth-order valence-corrected chi connectivity index (χ4v) is 1.25. The topological polar surface area (TPSA) is 52.1 Å². The van der Waals surface area contributed by atoms with Crippen LogP contribution in [0.3, 0.4) is 0 Å². The van der Waals surface area contributed by atoms with Crippen molar-refractivity contribution < 1.29 is 9.53 Å². The van der Waals surface area contributed by atoms with Gasteiger partial charge in [0.25, 0.3) is 0 Å². The first-order chi connectivity index (χ1) is 7.00.